The van der Waals surface area contributed by atoms with Gasteiger partial charge >= 0.3 is 0 Å². The number of carbonyl (C=O) groups is 2. The van der Waals surface area contributed by atoms with Gasteiger partial charge in [-0.15, -0.1) is 0 Å². The van der Waals surface area contributed by atoms with Crippen LogP contribution in [-0.4, -0.2) is 48.9 Å². The van der Waals surface area contributed by atoms with Gasteiger partial charge in [0.25, 0.3) is 0 Å². The summed E-state index contributed by atoms with van der Waals surface area (Å²) < 4.78 is 0. The minimum atomic E-state index is -0.238. The van der Waals surface area contributed by atoms with E-state index in [0.29, 0.717) is 12.5 Å². The van der Waals surface area contributed by atoms with Crippen LogP contribution in [0.3, 0.4) is 0 Å². The predicted octanol–water partition coefficient (Wildman–Crippen LogP) is -0.0310. The topological polar surface area (TPSA) is 61.4 Å². The molecule has 5 heteroatoms. The van der Waals surface area contributed by atoms with E-state index < -0.39 is 0 Å². The molecule has 2 aliphatic heterocycles. The molecule has 0 aliphatic carbocycles. The minimum Gasteiger partial charge on any atom is -0.353 e. The Morgan fingerprint density at radius 3 is 2.50 bits per heavy atom. The van der Waals surface area contributed by atoms with Gasteiger partial charge < -0.3 is 10.2 Å². The Kier molecular flexibility index (Phi) is 4.22. The highest BCUT2D eigenvalue weighted by molar-refractivity contribution is 5.86. The van der Waals surface area contributed by atoms with Gasteiger partial charge in [0, 0.05) is 19.6 Å². The fourth-order valence-corrected chi connectivity index (χ4v) is 2.75. The van der Waals surface area contributed by atoms with Crippen LogP contribution in [0.4, 0.5) is 0 Å². The molecule has 1 atom stereocenters. The third kappa shape index (κ3) is 3.02. The van der Waals surface area contributed by atoms with Gasteiger partial charge in [0.15, 0.2) is 0 Å². The largest absolute Gasteiger partial charge is 0.353 e. The van der Waals surface area contributed by atoms with Crippen LogP contribution in [0.25, 0.3) is 0 Å². The van der Waals surface area contributed by atoms with Crippen molar-refractivity contribution in [1.82, 2.24) is 15.5 Å². The zero-order valence-corrected chi connectivity index (χ0v) is 11.2. The van der Waals surface area contributed by atoms with Crippen molar-refractivity contribution in [3.63, 3.8) is 0 Å². The molecule has 2 saturated heterocycles. The number of hydrogen-bond acceptors (Lipinski definition) is 3. The first kappa shape index (κ1) is 13.3. The van der Waals surface area contributed by atoms with E-state index in [2.05, 4.69) is 24.5 Å². The predicted molar refractivity (Wildman–Crippen MR) is 68.9 cm³/mol. The first-order valence-electron chi connectivity index (χ1n) is 6.87. The Balaban J connectivity index is 1.82. The second kappa shape index (κ2) is 5.69. The van der Waals surface area contributed by atoms with E-state index in [1.165, 1.54) is 0 Å². The van der Waals surface area contributed by atoms with Gasteiger partial charge in [0.1, 0.15) is 6.04 Å². The van der Waals surface area contributed by atoms with Gasteiger partial charge in [-0.05, 0) is 24.7 Å². The number of nitrogens with zero attached hydrogens (tertiary/aromatic N) is 1. The molecule has 2 aliphatic rings. The van der Waals surface area contributed by atoms with Gasteiger partial charge in [-0.2, -0.15) is 0 Å². The first-order valence-corrected chi connectivity index (χ1v) is 6.87. The fourth-order valence-electron chi connectivity index (χ4n) is 2.75. The van der Waals surface area contributed by atoms with Crippen LogP contribution in [-0.2, 0) is 9.59 Å². The van der Waals surface area contributed by atoms with Crippen LogP contribution in [0.15, 0.2) is 0 Å². The van der Waals surface area contributed by atoms with Gasteiger partial charge in [-0.1, -0.05) is 13.8 Å². The monoisotopic (exact) mass is 253 g/mol. The van der Waals surface area contributed by atoms with Gasteiger partial charge in [0.2, 0.25) is 11.8 Å². The Hall–Kier alpha value is -1.10. The summed E-state index contributed by atoms with van der Waals surface area (Å²) in [6.07, 6.45) is 2.20. The molecule has 0 spiro atoms. The average molecular weight is 253 g/mol. The molecular weight excluding hydrogens is 230 g/mol. The highest BCUT2D eigenvalue weighted by Gasteiger charge is 2.30. The molecule has 1 unspecified atom stereocenters. The quantitative estimate of drug-likeness (QED) is 0.726. The third-order valence-electron chi connectivity index (χ3n) is 4.10. The summed E-state index contributed by atoms with van der Waals surface area (Å²) in [6, 6.07) is -0.238. The van der Waals surface area contributed by atoms with Crippen molar-refractivity contribution in [2.75, 3.05) is 26.2 Å². The van der Waals surface area contributed by atoms with E-state index in [1.807, 2.05) is 4.90 Å². The maximum absolute atomic E-state index is 12.2. The summed E-state index contributed by atoms with van der Waals surface area (Å²) in [5, 5.41) is 5.73. The summed E-state index contributed by atoms with van der Waals surface area (Å²) in [4.78, 5) is 25.2. The number of rotatable bonds is 2. The van der Waals surface area contributed by atoms with Gasteiger partial charge in [-0.25, -0.2) is 0 Å². The van der Waals surface area contributed by atoms with Crippen molar-refractivity contribution in [3.05, 3.63) is 0 Å². The Morgan fingerprint density at radius 2 is 2.00 bits per heavy atom. The number of hydrogen-bond donors (Lipinski definition) is 2. The highest BCUT2D eigenvalue weighted by atomic mass is 16.2. The molecule has 0 aromatic carbocycles. The Bertz CT molecular complexity index is 312. The summed E-state index contributed by atoms with van der Waals surface area (Å²) in [6.45, 7) is 6.88. The van der Waals surface area contributed by atoms with Crippen molar-refractivity contribution in [2.45, 2.75) is 32.7 Å². The van der Waals surface area contributed by atoms with Crippen LogP contribution >= 0.6 is 0 Å². The average Bonchev–Trinajstić information content (AvgIpc) is 2.39. The van der Waals surface area contributed by atoms with E-state index in [4.69, 9.17) is 0 Å². The molecule has 5 nitrogen and oxygen atoms in total. The summed E-state index contributed by atoms with van der Waals surface area (Å²) in [5.74, 6) is 1.55. The second-order valence-corrected chi connectivity index (χ2v) is 5.64. The number of piperidine rings is 1. The minimum absolute atomic E-state index is 0.0300. The van der Waals surface area contributed by atoms with Crippen LogP contribution in [0.1, 0.15) is 26.7 Å². The normalized spacial score (nSPS) is 26.3. The molecule has 2 amide bonds. The van der Waals surface area contributed by atoms with Crippen LogP contribution < -0.4 is 10.6 Å². The van der Waals surface area contributed by atoms with Crippen LogP contribution in [0.5, 0.6) is 0 Å². The molecule has 2 N–H and O–H groups in total. The van der Waals surface area contributed by atoms with Crippen molar-refractivity contribution in [3.8, 4) is 0 Å². The summed E-state index contributed by atoms with van der Waals surface area (Å²) in [5.41, 5.74) is 0. The summed E-state index contributed by atoms with van der Waals surface area (Å²) >= 11 is 0. The van der Waals surface area contributed by atoms with Crippen LogP contribution in [0.2, 0.25) is 0 Å². The lowest BCUT2D eigenvalue weighted by Gasteiger charge is -2.36. The lowest BCUT2D eigenvalue weighted by Crippen LogP contribution is -2.59. The van der Waals surface area contributed by atoms with Crippen molar-refractivity contribution in [2.24, 2.45) is 11.8 Å². The lowest BCUT2D eigenvalue weighted by atomic mass is 9.86. The molecular formula is C13H23N3O2. The fraction of sp³-hybridized carbons (Fsp3) is 0.846. The first-order chi connectivity index (χ1) is 8.58. The number of nitrogens with one attached hydrogen (secondary N) is 2. The van der Waals surface area contributed by atoms with Crippen molar-refractivity contribution >= 4 is 11.8 Å². The van der Waals surface area contributed by atoms with E-state index in [9.17, 15) is 9.59 Å². The van der Waals surface area contributed by atoms with Crippen LogP contribution in [0, 0.1) is 11.8 Å². The van der Waals surface area contributed by atoms with Crippen molar-refractivity contribution in [1.29, 1.82) is 0 Å². The third-order valence-corrected chi connectivity index (χ3v) is 4.10. The van der Waals surface area contributed by atoms with Crippen molar-refractivity contribution < 1.29 is 9.59 Å². The number of likely N-dealkylation sites (tertiary alicyclic amines) is 1. The smallest absolute Gasteiger partial charge is 0.241 e. The van der Waals surface area contributed by atoms with Gasteiger partial charge in [-0.3, -0.25) is 14.9 Å². The molecule has 0 saturated carbocycles. The molecule has 0 bridgehead atoms. The molecule has 2 fully saturated rings. The Labute approximate surface area is 108 Å². The number of amides is 2. The van der Waals surface area contributed by atoms with Gasteiger partial charge in [0.05, 0.1) is 6.54 Å². The van der Waals surface area contributed by atoms with E-state index in [0.717, 1.165) is 31.8 Å². The molecule has 2 rings (SSSR count). The van der Waals surface area contributed by atoms with E-state index in [1.54, 1.807) is 0 Å². The zero-order chi connectivity index (χ0) is 13.1. The molecule has 0 aromatic rings. The standard InChI is InChI=1S/C13H23N3O2/c1-9(2)10-3-5-16(6-4-10)13(18)11-7-15-12(17)8-14-11/h9-11,14H,3-8H2,1-2H3,(H,15,17). The maximum atomic E-state index is 12.2. The molecule has 0 aromatic heterocycles. The van der Waals surface area contributed by atoms with E-state index in [-0.39, 0.29) is 24.4 Å². The summed E-state index contributed by atoms with van der Waals surface area (Å²) in [7, 11) is 0. The number of carbonyl (C=O) groups excluding carboxylic acids is 2. The molecule has 102 valence electrons. The molecule has 18 heavy (non-hydrogen) atoms. The number of piperazine rings is 1. The zero-order valence-electron chi connectivity index (χ0n) is 11.2. The molecule has 2 heterocycles. The Morgan fingerprint density at radius 1 is 1.33 bits per heavy atom. The maximum Gasteiger partial charge on any atom is 0.241 e. The second-order valence-electron chi connectivity index (χ2n) is 5.64. The highest BCUT2D eigenvalue weighted by Crippen LogP contribution is 2.24. The lowest BCUT2D eigenvalue weighted by molar-refractivity contribution is -0.136. The van der Waals surface area contributed by atoms with E-state index >= 15 is 0 Å². The SMILES string of the molecule is CC(C)C1CCN(C(=O)C2CNC(=O)CN2)CC1. The molecule has 0 radical (unpaired) electrons.